The third-order valence-electron chi connectivity index (χ3n) is 4.13. The molecule has 0 heterocycles. The molecule has 1 N–H and O–H groups in total. The first-order valence-corrected chi connectivity index (χ1v) is 11.2. The second kappa shape index (κ2) is 9.80. The zero-order chi connectivity index (χ0) is 20.7. The van der Waals surface area contributed by atoms with Gasteiger partial charge in [0.2, 0.25) is 15.9 Å². The molecule has 0 spiro atoms. The minimum absolute atomic E-state index is 0.173. The Bertz CT molecular complexity index is 932. The molecule has 152 valence electrons. The van der Waals surface area contributed by atoms with E-state index in [9.17, 15) is 13.2 Å². The second-order valence-electron chi connectivity index (χ2n) is 6.30. The van der Waals surface area contributed by atoms with Gasteiger partial charge in [0.15, 0.2) is 0 Å². The number of ether oxygens (including phenoxy) is 1. The molecule has 2 aromatic rings. The number of halogens is 1. The van der Waals surface area contributed by atoms with Gasteiger partial charge >= 0.3 is 0 Å². The van der Waals surface area contributed by atoms with Gasteiger partial charge in [-0.3, -0.25) is 9.10 Å². The van der Waals surface area contributed by atoms with E-state index >= 15 is 0 Å². The number of para-hydroxylation sites is 2. The van der Waals surface area contributed by atoms with E-state index in [1.807, 2.05) is 19.1 Å². The average molecular weight is 425 g/mol. The molecule has 0 unspecified atom stereocenters. The number of rotatable bonds is 9. The predicted molar refractivity (Wildman–Crippen MR) is 114 cm³/mol. The molecule has 6 nitrogen and oxygen atoms in total. The molecule has 0 aliphatic rings. The number of sulfonamides is 1. The molecule has 0 saturated carbocycles. The lowest BCUT2D eigenvalue weighted by Gasteiger charge is -2.24. The summed E-state index contributed by atoms with van der Waals surface area (Å²) in [6, 6.07) is 12.3. The highest BCUT2D eigenvalue weighted by atomic mass is 35.5. The van der Waals surface area contributed by atoms with Crippen LogP contribution >= 0.6 is 11.6 Å². The smallest absolute Gasteiger partial charge is 0.232 e. The fraction of sp³-hybridized carbons (Fsp3) is 0.350. The van der Waals surface area contributed by atoms with E-state index in [1.165, 1.54) is 4.31 Å². The molecule has 28 heavy (non-hydrogen) atoms. The Morgan fingerprint density at radius 3 is 2.57 bits per heavy atom. The van der Waals surface area contributed by atoms with Crippen LogP contribution in [0.3, 0.4) is 0 Å². The van der Waals surface area contributed by atoms with Crippen molar-refractivity contribution in [2.45, 2.75) is 26.7 Å². The quantitative estimate of drug-likeness (QED) is 0.653. The van der Waals surface area contributed by atoms with Crippen molar-refractivity contribution in [3.63, 3.8) is 0 Å². The van der Waals surface area contributed by atoms with Gasteiger partial charge in [0, 0.05) is 18.0 Å². The Hall–Kier alpha value is -2.25. The standard InChI is InChI=1S/C20H25ClN2O4S/c1-4-27-19-12-6-5-10-17(19)22-20(24)13-8-14-23(28(3,25)26)18-11-7-9-16(21)15(18)2/h5-7,9-12H,4,8,13-14H2,1-3H3,(H,22,24). The summed E-state index contributed by atoms with van der Waals surface area (Å²) in [5.41, 5.74) is 1.81. The fourth-order valence-corrected chi connectivity index (χ4v) is 3.96. The highest BCUT2D eigenvalue weighted by molar-refractivity contribution is 7.92. The van der Waals surface area contributed by atoms with E-state index < -0.39 is 10.0 Å². The molecule has 0 fully saturated rings. The van der Waals surface area contributed by atoms with Crippen LogP contribution in [0.5, 0.6) is 5.75 Å². The van der Waals surface area contributed by atoms with Gasteiger partial charge in [-0.25, -0.2) is 8.42 Å². The maximum absolute atomic E-state index is 12.3. The summed E-state index contributed by atoms with van der Waals surface area (Å²) in [6.45, 7) is 4.32. The molecule has 0 bridgehead atoms. The summed E-state index contributed by atoms with van der Waals surface area (Å²) in [5, 5.41) is 3.31. The molecule has 1 amide bonds. The van der Waals surface area contributed by atoms with Crippen LogP contribution in [0.25, 0.3) is 0 Å². The third-order valence-corrected chi connectivity index (χ3v) is 5.72. The summed E-state index contributed by atoms with van der Waals surface area (Å²) in [7, 11) is -3.51. The van der Waals surface area contributed by atoms with Crippen LogP contribution < -0.4 is 14.4 Å². The van der Waals surface area contributed by atoms with Gasteiger partial charge in [0.05, 0.1) is 24.2 Å². The molecule has 2 aromatic carbocycles. The molecule has 0 aliphatic heterocycles. The lowest BCUT2D eigenvalue weighted by molar-refractivity contribution is -0.116. The van der Waals surface area contributed by atoms with Gasteiger partial charge in [0.25, 0.3) is 0 Å². The van der Waals surface area contributed by atoms with Crippen LogP contribution in [0.4, 0.5) is 11.4 Å². The van der Waals surface area contributed by atoms with Gasteiger partial charge in [-0.1, -0.05) is 29.8 Å². The summed E-state index contributed by atoms with van der Waals surface area (Å²) in [6.07, 6.45) is 1.68. The zero-order valence-electron chi connectivity index (χ0n) is 16.2. The van der Waals surface area contributed by atoms with Gasteiger partial charge in [-0.15, -0.1) is 0 Å². The monoisotopic (exact) mass is 424 g/mol. The number of hydrogen-bond donors (Lipinski definition) is 1. The second-order valence-corrected chi connectivity index (χ2v) is 8.61. The van der Waals surface area contributed by atoms with Crippen molar-refractivity contribution in [3.8, 4) is 5.75 Å². The SMILES string of the molecule is CCOc1ccccc1NC(=O)CCCN(c1cccc(Cl)c1C)S(C)(=O)=O. The molecule has 0 aliphatic carbocycles. The summed E-state index contributed by atoms with van der Waals surface area (Å²) in [4.78, 5) is 12.3. The lowest BCUT2D eigenvalue weighted by Crippen LogP contribution is -2.32. The first-order valence-electron chi connectivity index (χ1n) is 8.98. The van der Waals surface area contributed by atoms with E-state index in [4.69, 9.17) is 16.3 Å². The third kappa shape index (κ3) is 5.87. The lowest BCUT2D eigenvalue weighted by atomic mass is 10.2. The topological polar surface area (TPSA) is 75.7 Å². The van der Waals surface area contributed by atoms with Crippen molar-refractivity contribution >= 4 is 38.9 Å². The Kier molecular flexibility index (Phi) is 7.71. The summed E-state index contributed by atoms with van der Waals surface area (Å²) < 4.78 is 31.3. The molecule has 0 radical (unpaired) electrons. The molecule has 2 rings (SSSR count). The minimum atomic E-state index is -3.51. The normalized spacial score (nSPS) is 11.1. The fourth-order valence-electron chi connectivity index (χ4n) is 2.78. The van der Waals surface area contributed by atoms with Gasteiger partial charge < -0.3 is 10.1 Å². The number of amides is 1. The average Bonchev–Trinajstić information content (AvgIpc) is 2.62. The van der Waals surface area contributed by atoms with Gasteiger partial charge in [-0.05, 0) is 50.1 Å². The summed E-state index contributed by atoms with van der Waals surface area (Å²) in [5.74, 6) is 0.397. The van der Waals surface area contributed by atoms with Crippen LogP contribution in [0.15, 0.2) is 42.5 Å². The van der Waals surface area contributed by atoms with Gasteiger partial charge in [-0.2, -0.15) is 0 Å². The maximum Gasteiger partial charge on any atom is 0.232 e. The van der Waals surface area contributed by atoms with Gasteiger partial charge in [0.1, 0.15) is 5.75 Å². The van der Waals surface area contributed by atoms with Crippen molar-refractivity contribution in [3.05, 3.63) is 53.1 Å². The van der Waals surface area contributed by atoms with E-state index in [-0.39, 0.29) is 18.9 Å². The first kappa shape index (κ1) is 22.0. The maximum atomic E-state index is 12.3. The number of carbonyl (C=O) groups excluding carboxylic acids is 1. The van der Waals surface area contributed by atoms with Crippen molar-refractivity contribution in [1.29, 1.82) is 0 Å². The largest absolute Gasteiger partial charge is 0.492 e. The molecule has 8 heteroatoms. The van der Waals surface area contributed by atoms with Crippen LogP contribution in [0.2, 0.25) is 5.02 Å². The van der Waals surface area contributed by atoms with Crippen molar-refractivity contribution < 1.29 is 17.9 Å². The van der Waals surface area contributed by atoms with Crippen molar-refractivity contribution in [1.82, 2.24) is 0 Å². The van der Waals surface area contributed by atoms with Crippen LogP contribution in [-0.4, -0.2) is 33.7 Å². The Balaban J connectivity index is 2.03. The molecular weight excluding hydrogens is 400 g/mol. The van der Waals surface area contributed by atoms with E-state index in [2.05, 4.69) is 5.32 Å². The number of carbonyl (C=O) groups is 1. The van der Waals surface area contributed by atoms with Crippen LogP contribution in [0, 0.1) is 6.92 Å². The van der Waals surface area contributed by atoms with Crippen LogP contribution in [0.1, 0.15) is 25.3 Å². The zero-order valence-corrected chi connectivity index (χ0v) is 17.8. The number of anilines is 2. The van der Waals surface area contributed by atoms with E-state index in [0.717, 1.165) is 6.26 Å². The minimum Gasteiger partial charge on any atom is -0.492 e. The highest BCUT2D eigenvalue weighted by Crippen LogP contribution is 2.28. The highest BCUT2D eigenvalue weighted by Gasteiger charge is 2.20. The van der Waals surface area contributed by atoms with Crippen LogP contribution in [-0.2, 0) is 14.8 Å². The number of nitrogens with one attached hydrogen (secondary N) is 1. The Labute approximate surface area is 171 Å². The molecule has 0 saturated heterocycles. The molecular formula is C20H25ClN2O4S. The van der Waals surface area contributed by atoms with E-state index in [1.54, 1.807) is 37.3 Å². The Morgan fingerprint density at radius 1 is 1.18 bits per heavy atom. The molecule has 0 aromatic heterocycles. The van der Waals surface area contributed by atoms with Crippen molar-refractivity contribution in [2.24, 2.45) is 0 Å². The predicted octanol–water partition coefficient (Wildman–Crippen LogP) is 4.23. The number of hydrogen-bond acceptors (Lipinski definition) is 4. The first-order chi connectivity index (χ1) is 13.2. The number of nitrogens with zero attached hydrogens (tertiary/aromatic N) is 1. The Morgan fingerprint density at radius 2 is 1.89 bits per heavy atom. The van der Waals surface area contributed by atoms with E-state index in [0.29, 0.717) is 40.7 Å². The van der Waals surface area contributed by atoms with Crippen molar-refractivity contribution in [2.75, 3.05) is 29.0 Å². The molecule has 0 atom stereocenters. The number of benzene rings is 2. The summed E-state index contributed by atoms with van der Waals surface area (Å²) >= 11 is 6.13.